The number of nitro benzene ring substituents is 1. The van der Waals surface area contributed by atoms with E-state index in [1.165, 1.54) is 18.2 Å². The fourth-order valence-electron chi connectivity index (χ4n) is 2.05. The normalized spacial score (nSPS) is 14.6. The van der Waals surface area contributed by atoms with Crippen molar-refractivity contribution in [3.63, 3.8) is 0 Å². The molecule has 3 N–H and O–H groups in total. The zero-order chi connectivity index (χ0) is 13.1. The van der Waals surface area contributed by atoms with Gasteiger partial charge in [-0.25, -0.2) is 0 Å². The zero-order valence-corrected chi connectivity index (χ0v) is 9.76. The predicted molar refractivity (Wildman–Crippen MR) is 66.0 cm³/mol. The van der Waals surface area contributed by atoms with Crippen molar-refractivity contribution in [1.82, 2.24) is 4.90 Å². The molecule has 96 valence electrons. The number of nitrogens with zero attached hydrogens (tertiary/aromatic N) is 2. The number of rotatable bonds is 3. The summed E-state index contributed by atoms with van der Waals surface area (Å²) in [6.45, 7) is 1.30. The van der Waals surface area contributed by atoms with E-state index in [9.17, 15) is 14.9 Å². The monoisotopic (exact) mass is 250 g/mol. The van der Waals surface area contributed by atoms with Gasteiger partial charge < -0.3 is 10.3 Å². The van der Waals surface area contributed by atoms with E-state index in [1.807, 2.05) is 0 Å². The van der Waals surface area contributed by atoms with Crippen molar-refractivity contribution in [3.8, 4) is 0 Å². The summed E-state index contributed by atoms with van der Waals surface area (Å²) >= 11 is 0. The molecule has 1 heterocycles. The Hall–Kier alpha value is -2.15. The molecular weight excluding hydrogens is 236 g/mol. The van der Waals surface area contributed by atoms with Crippen LogP contribution in [0.25, 0.3) is 0 Å². The summed E-state index contributed by atoms with van der Waals surface area (Å²) in [5.41, 5.74) is 2.75. The van der Waals surface area contributed by atoms with E-state index in [2.05, 4.69) is 5.43 Å². The lowest BCUT2D eigenvalue weighted by Gasteiger charge is -2.15. The highest BCUT2D eigenvalue weighted by Gasteiger charge is 2.26. The van der Waals surface area contributed by atoms with Gasteiger partial charge in [-0.05, 0) is 25.0 Å². The maximum absolute atomic E-state index is 12.2. The number of carbonyl (C=O) groups is 1. The third kappa shape index (κ3) is 2.25. The lowest BCUT2D eigenvalue weighted by atomic mass is 10.1. The minimum Gasteiger partial charge on any atom is -0.338 e. The number of amides is 1. The second kappa shape index (κ2) is 5.01. The number of nitro groups is 1. The minimum absolute atomic E-state index is 0.0809. The van der Waals surface area contributed by atoms with E-state index in [0.29, 0.717) is 18.8 Å². The summed E-state index contributed by atoms with van der Waals surface area (Å²) in [5.74, 6) is 4.94. The van der Waals surface area contributed by atoms with Crippen molar-refractivity contribution in [2.75, 3.05) is 18.5 Å². The van der Waals surface area contributed by atoms with Crippen LogP contribution >= 0.6 is 0 Å². The van der Waals surface area contributed by atoms with Crippen LogP contribution in [0.15, 0.2) is 18.2 Å². The Morgan fingerprint density at radius 1 is 1.39 bits per heavy atom. The Balaban J connectivity index is 2.39. The average molecular weight is 250 g/mol. The van der Waals surface area contributed by atoms with Crippen molar-refractivity contribution in [3.05, 3.63) is 33.9 Å². The molecule has 0 radical (unpaired) electrons. The van der Waals surface area contributed by atoms with Gasteiger partial charge in [0.05, 0.1) is 4.92 Å². The van der Waals surface area contributed by atoms with Gasteiger partial charge in [0.2, 0.25) is 0 Å². The van der Waals surface area contributed by atoms with Gasteiger partial charge in [0.1, 0.15) is 5.56 Å². The highest BCUT2D eigenvalue weighted by molar-refractivity contribution is 5.99. The first-order valence-electron chi connectivity index (χ1n) is 5.68. The first kappa shape index (κ1) is 12.3. The topological polar surface area (TPSA) is 101 Å². The summed E-state index contributed by atoms with van der Waals surface area (Å²) in [6, 6.07) is 4.18. The molecule has 7 heteroatoms. The first-order valence-corrected chi connectivity index (χ1v) is 5.68. The van der Waals surface area contributed by atoms with Gasteiger partial charge in [-0.1, -0.05) is 0 Å². The molecule has 0 spiro atoms. The molecule has 1 fully saturated rings. The molecule has 1 aromatic rings. The highest BCUT2D eigenvalue weighted by atomic mass is 16.6. The molecular formula is C11H14N4O3. The molecule has 1 aromatic carbocycles. The van der Waals surface area contributed by atoms with Crippen molar-refractivity contribution in [2.45, 2.75) is 12.8 Å². The van der Waals surface area contributed by atoms with Gasteiger partial charge in [0.25, 0.3) is 11.6 Å². The molecule has 0 unspecified atom stereocenters. The van der Waals surface area contributed by atoms with E-state index in [0.717, 1.165) is 12.8 Å². The van der Waals surface area contributed by atoms with Gasteiger partial charge in [-0.2, -0.15) is 0 Å². The molecule has 1 aliphatic heterocycles. The van der Waals surface area contributed by atoms with Crippen molar-refractivity contribution in [1.29, 1.82) is 0 Å². The van der Waals surface area contributed by atoms with E-state index >= 15 is 0 Å². The maximum Gasteiger partial charge on any atom is 0.282 e. The van der Waals surface area contributed by atoms with Crippen LogP contribution in [0.2, 0.25) is 0 Å². The number of benzene rings is 1. The summed E-state index contributed by atoms with van der Waals surface area (Å²) in [7, 11) is 0. The number of likely N-dealkylation sites (tertiary alicyclic amines) is 1. The third-order valence-electron chi connectivity index (χ3n) is 2.98. The van der Waals surface area contributed by atoms with Crippen LogP contribution < -0.4 is 11.3 Å². The number of nitrogens with two attached hydrogens (primary N) is 1. The molecule has 0 aliphatic carbocycles. The minimum atomic E-state index is -0.552. The summed E-state index contributed by atoms with van der Waals surface area (Å²) in [5, 5.41) is 10.9. The summed E-state index contributed by atoms with van der Waals surface area (Å²) < 4.78 is 0. The Bertz CT molecular complexity index is 483. The number of hydrogen-bond acceptors (Lipinski definition) is 5. The lowest BCUT2D eigenvalue weighted by molar-refractivity contribution is -0.385. The van der Waals surface area contributed by atoms with E-state index < -0.39 is 4.92 Å². The Morgan fingerprint density at radius 2 is 2.06 bits per heavy atom. The standard InChI is InChI=1S/C11H14N4O3/c12-13-8-3-4-10(15(17)18)9(7-8)11(16)14-5-1-2-6-14/h3-4,7,13H,1-2,5-6,12H2. The predicted octanol–water partition coefficient (Wildman–Crippen LogP) is 1.12. The van der Waals surface area contributed by atoms with Crippen LogP contribution in [0.5, 0.6) is 0 Å². The molecule has 0 aromatic heterocycles. The number of nitrogen functional groups attached to an aromatic ring is 1. The fraction of sp³-hybridized carbons (Fsp3) is 0.364. The highest BCUT2D eigenvalue weighted by Crippen LogP contribution is 2.25. The fourth-order valence-corrected chi connectivity index (χ4v) is 2.05. The molecule has 0 atom stereocenters. The molecule has 7 nitrogen and oxygen atoms in total. The second-order valence-corrected chi connectivity index (χ2v) is 4.13. The van der Waals surface area contributed by atoms with Crippen LogP contribution in [0.3, 0.4) is 0 Å². The molecule has 0 saturated carbocycles. The largest absolute Gasteiger partial charge is 0.338 e. The Labute approximate surface area is 104 Å². The van der Waals surface area contributed by atoms with Gasteiger partial charge >= 0.3 is 0 Å². The first-order chi connectivity index (χ1) is 8.63. The van der Waals surface area contributed by atoms with E-state index in [4.69, 9.17) is 5.84 Å². The number of carbonyl (C=O) groups excluding carboxylic acids is 1. The van der Waals surface area contributed by atoms with Crippen molar-refractivity contribution >= 4 is 17.3 Å². The number of hydrogen-bond donors (Lipinski definition) is 2. The summed E-state index contributed by atoms with van der Waals surface area (Å²) in [6.07, 6.45) is 1.88. The molecule has 0 bridgehead atoms. The molecule has 2 rings (SSSR count). The molecule has 1 aliphatic rings. The Kier molecular flexibility index (Phi) is 3.42. The van der Waals surface area contributed by atoms with Crippen LogP contribution in [0.4, 0.5) is 11.4 Å². The van der Waals surface area contributed by atoms with Crippen molar-refractivity contribution in [2.24, 2.45) is 5.84 Å². The van der Waals surface area contributed by atoms with Gasteiger partial charge in [-0.15, -0.1) is 0 Å². The number of hydrazine groups is 1. The molecule has 1 saturated heterocycles. The van der Waals surface area contributed by atoms with Crippen LogP contribution in [0, 0.1) is 10.1 Å². The zero-order valence-electron chi connectivity index (χ0n) is 9.76. The molecule has 1 amide bonds. The summed E-state index contributed by atoms with van der Waals surface area (Å²) in [4.78, 5) is 24.2. The van der Waals surface area contributed by atoms with E-state index in [1.54, 1.807) is 4.90 Å². The number of nitrogens with one attached hydrogen (secondary N) is 1. The van der Waals surface area contributed by atoms with Gasteiger partial charge in [-0.3, -0.25) is 20.8 Å². The van der Waals surface area contributed by atoms with Crippen LogP contribution in [0.1, 0.15) is 23.2 Å². The maximum atomic E-state index is 12.2. The van der Waals surface area contributed by atoms with Gasteiger partial charge in [0.15, 0.2) is 0 Å². The lowest BCUT2D eigenvalue weighted by Crippen LogP contribution is -2.28. The van der Waals surface area contributed by atoms with Gasteiger partial charge in [0, 0.05) is 24.8 Å². The SMILES string of the molecule is NNc1ccc([N+](=O)[O-])c(C(=O)N2CCCC2)c1. The smallest absolute Gasteiger partial charge is 0.282 e. The third-order valence-corrected chi connectivity index (χ3v) is 2.98. The van der Waals surface area contributed by atoms with Crippen LogP contribution in [-0.2, 0) is 0 Å². The second-order valence-electron chi connectivity index (χ2n) is 4.13. The van der Waals surface area contributed by atoms with Crippen molar-refractivity contribution < 1.29 is 9.72 Å². The number of anilines is 1. The van der Waals surface area contributed by atoms with Crippen LogP contribution in [-0.4, -0.2) is 28.8 Å². The quantitative estimate of drug-likeness (QED) is 0.475. The average Bonchev–Trinajstić information content (AvgIpc) is 2.90. The van der Waals surface area contributed by atoms with E-state index in [-0.39, 0.29) is 17.2 Å². The Morgan fingerprint density at radius 3 is 2.61 bits per heavy atom. The molecule has 18 heavy (non-hydrogen) atoms.